The molecule has 0 fully saturated rings. The molecule has 2 N–H and O–H groups in total. The molecule has 1 rings (SSSR count). The topological polar surface area (TPSA) is 68.2 Å². The van der Waals surface area contributed by atoms with Crippen LogP contribution in [0.3, 0.4) is 0 Å². The molecule has 96 valence electrons. The highest BCUT2D eigenvalue weighted by molar-refractivity contribution is 5.78. The molecule has 0 saturated heterocycles. The van der Waals surface area contributed by atoms with Crippen LogP contribution in [0.15, 0.2) is 12.3 Å². The average Bonchev–Trinajstić information content (AvgIpc) is 2.64. The number of nitrogens with zero attached hydrogens (tertiary/aromatic N) is 2. The van der Waals surface area contributed by atoms with E-state index in [1.165, 1.54) is 0 Å². The standard InChI is InChI=1S/C11H20N4O2/c1-9(8-17-3)14-11(16)7-12-6-10-4-5-13-15(10)2/h4-5,9,12H,6-8H2,1-3H3,(H,14,16). The van der Waals surface area contributed by atoms with Gasteiger partial charge in [0.05, 0.1) is 18.8 Å². The summed E-state index contributed by atoms with van der Waals surface area (Å²) in [5.41, 5.74) is 1.04. The maximum Gasteiger partial charge on any atom is 0.234 e. The van der Waals surface area contributed by atoms with Gasteiger partial charge in [0.2, 0.25) is 5.91 Å². The zero-order valence-electron chi connectivity index (χ0n) is 10.6. The molecule has 17 heavy (non-hydrogen) atoms. The highest BCUT2D eigenvalue weighted by Crippen LogP contribution is 1.94. The van der Waals surface area contributed by atoms with Crippen LogP contribution in [0, 0.1) is 0 Å². The molecule has 6 heteroatoms. The van der Waals surface area contributed by atoms with Crippen LogP contribution in [-0.4, -0.2) is 42.0 Å². The molecule has 0 aliphatic rings. The number of nitrogens with one attached hydrogen (secondary N) is 2. The van der Waals surface area contributed by atoms with Gasteiger partial charge < -0.3 is 15.4 Å². The van der Waals surface area contributed by atoms with E-state index in [1.54, 1.807) is 18.0 Å². The van der Waals surface area contributed by atoms with Crippen LogP contribution in [0.2, 0.25) is 0 Å². The minimum Gasteiger partial charge on any atom is -0.383 e. The summed E-state index contributed by atoms with van der Waals surface area (Å²) in [6, 6.07) is 1.95. The molecule has 0 saturated carbocycles. The van der Waals surface area contributed by atoms with E-state index in [-0.39, 0.29) is 11.9 Å². The fourth-order valence-electron chi connectivity index (χ4n) is 1.50. The van der Waals surface area contributed by atoms with Crippen LogP contribution in [-0.2, 0) is 23.1 Å². The number of hydrogen-bond donors (Lipinski definition) is 2. The fourth-order valence-corrected chi connectivity index (χ4v) is 1.50. The Balaban J connectivity index is 2.18. The molecule has 0 spiro atoms. The maximum absolute atomic E-state index is 11.5. The Morgan fingerprint density at radius 3 is 3.00 bits per heavy atom. The third kappa shape index (κ3) is 4.97. The molecule has 0 aromatic carbocycles. The molecule has 1 aromatic heterocycles. The highest BCUT2D eigenvalue weighted by Gasteiger charge is 2.06. The van der Waals surface area contributed by atoms with Crippen molar-refractivity contribution in [1.82, 2.24) is 20.4 Å². The Morgan fingerprint density at radius 1 is 1.65 bits per heavy atom. The second-order valence-corrected chi connectivity index (χ2v) is 3.97. The molecule has 0 aliphatic carbocycles. The predicted molar refractivity (Wildman–Crippen MR) is 64.4 cm³/mol. The number of methoxy groups -OCH3 is 1. The summed E-state index contributed by atoms with van der Waals surface area (Å²) < 4.78 is 6.71. The van der Waals surface area contributed by atoms with Crippen molar-refractivity contribution in [2.75, 3.05) is 20.3 Å². The van der Waals surface area contributed by atoms with Gasteiger partial charge >= 0.3 is 0 Å². The van der Waals surface area contributed by atoms with Gasteiger partial charge in [-0.2, -0.15) is 5.10 Å². The maximum atomic E-state index is 11.5. The molecule has 1 atom stereocenters. The molecule has 0 aliphatic heterocycles. The Kier molecular flexibility index (Phi) is 5.65. The number of carbonyl (C=O) groups is 1. The Bertz CT molecular complexity index is 351. The van der Waals surface area contributed by atoms with E-state index in [1.807, 2.05) is 20.0 Å². The lowest BCUT2D eigenvalue weighted by Crippen LogP contribution is -2.40. The first-order chi connectivity index (χ1) is 8.13. The van der Waals surface area contributed by atoms with Crippen LogP contribution in [0.25, 0.3) is 0 Å². The second kappa shape index (κ2) is 7.03. The van der Waals surface area contributed by atoms with Crippen molar-refractivity contribution in [3.63, 3.8) is 0 Å². The summed E-state index contributed by atoms with van der Waals surface area (Å²) in [4.78, 5) is 11.5. The minimum absolute atomic E-state index is 0.0308. The van der Waals surface area contributed by atoms with Crippen molar-refractivity contribution in [1.29, 1.82) is 0 Å². The minimum atomic E-state index is -0.0308. The Morgan fingerprint density at radius 2 is 2.41 bits per heavy atom. The van der Waals surface area contributed by atoms with Crippen molar-refractivity contribution < 1.29 is 9.53 Å². The molecule has 1 heterocycles. The first-order valence-corrected chi connectivity index (χ1v) is 5.59. The van der Waals surface area contributed by atoms with Gasteiger partial charge in [-0.1, -0.05) is 0 Å². The van der Waals surface area contributed by atoms with Crippen molar-refractivity contribution in [3.8, 4) is 0 Å². The van der Waals surface area contributed by atoms with Gasteiger partial charge in [-0.15, -0.1) is 0 Å². The number of carbonyl (C=O) groups excluding carboxylic acids is 1. The van der Waals surface area contributed by atoms with Gasteiger partial charge in [0.25, 0.3) is 0 Å². The van der Waals surface area contributed by atoms with Crippen molar-refractivity contribution in [3.05, 3.63) is 18.0 Å². The molecule has 1 unspecified atom stereocenters. The largest absolute Gasteiger partial charge is 0.383 e. The van der Waals surface area contributed by atoms with Crippen molar-refractivity contribution in [2.24, 2.45) is 7.05 Å². The van der Waals surface area contributed by atoms with Gasteiger partial charge in [0.1, 0.15) is 0 Å². The summed E-state index contributed by atoms with van der Waals surface area (Å²) in [5.74, 6) is -0.0308. The van der Waals surface area contributed by atoms with Crippen molar-refractivity contribution in [2.45, 2.75) is 19.5 Å². The molecule has 1 aromatic rings. The Labute approximate surface area is 101 Å². The summed E-state index contributed by atoms with van der Waals surface area (Å²) >= 11 is 0. The summed E-state index contributed by atoms with van der Waals surface area (Å²) in [6.07, 6.45) is 1.73. The summed E-state index contributed by atoms with van der Waals surface area (Å²) in [5, 5.41) is 9.94. The lowest BCUT2D eigenvalue weighted by Gasteiger charge is -2.13. The average molecular weight is 240 g/mol. The number of ether oxygens (including phenoxy) is 1. The molecule has 1 amide bonds. The first kappa shape index (κ1) is 13.7. The zero-order valence-corrected chi connectivity index (χ0v) is 10.6. The number of rotatable bonds is 7. The van der Waals surface area contributed by atoms with E-state index in [9.17, 15) is 4.79 Å². The smallest absolute Gasteiger partial charge is 0.234 e. The number of aromatic nitrogens is 2. The molecular weight excluding hydrogens is 220 g/mol. The van der Waals surface area contributed by atoms with Gasteiger partial charge in [0.15, 0.2) is 0 Å². The molecular formula is C11H20N4O2. The second-order valence-electron chi connectivity index (χ2n) is 3.97. The number of aryl methyl sites for hydroxylation is 1. The van der Waals surface area contributed by atoms with Gasteiger partial charge in [-0.25, -0.2) is 0 Å². The third-order valence-corrected chi connectivity index (χ3v) is 2.34. The van der Waals surface area contributed by atoms with Crippen LogP contribution in [0.5, 0.6) is 0 Å². The van der Waals surface area contributed by atoms with Crippen LogP contribution >= 0.6 is 0 Å². The van der Waals surface area contributed by atoms with Gasteiger partial charge in [0, 0.05) is 32.9 Å². The first-order valence-electron chi connectivity index (χ1n) is 5.59. The lowest BCUT2D eigenvalue weighted by atomic mass is 10.3. The Hall–Kier alpha value is -1.40. The molecule has 0 radical (unpaired) electrons. The van der Waals surface area contributed by atoms with E-state index in [4.69, 9.17) is 4.74 Å². The van der Waals surface area contributed by atoms with Gasteiger partial charge in [-0.05, 0) is 13.0 Å². The number of hydrogen-bond acceptors (Lipinski definition) is 4. The highest BCUT2D eigenvalue weighted by atomic mass is 16.5. The van der Waals surface area contributed by atoms with E-state index in [2.05, 4.69) is 15.7 Å². The van der Waals surface area contributed by atoms with Crippen LogP contribution in [0.1, 0.15) is 12.6 Å². The van der Waals surface area contributed by atoms with E-state index >= 15 is 0 Å². The summed E-state index contributed by atoms with van der Waals surface area (Å²) in [6.45, 7) is 3.35. The van der Waals surface area contributed by atoms with E-state index < -0.39 is 0 Å². The fraction of sp³-hybridized carbons (Fsp3) is 0.636. The predicted octanol–water partition coefficient (Wildman–Crippen LogP) is -0.339. The quantitative estimate of drug-likeness (QED) is 0.684. The monoisotopic (exact) mass is 240 g/mol. The van der Waals surface area contributed by atoms with E-state index in [0.29, 0.717) is 19.7 Å². The zero-order chi connectivity index (χ0) is 12.7. The van der Waals surface area contributed by atoms with Crippen LogP contribution in [0.4, 0.5) is 0 Å². The van der Waals surface area contributed by atoms with Gasteiger partial charge in [-0.3, -0.25) is 9.48 Å². The normalized spacial score (nSPS) is 12.4. The van der Waals surface area contributed by atoms with Crippen LogP contribution < -0.4 is 10.6 Å². The lowest BCUT2D eigenvalue weighted by molar-refractivity contribution is -0.121. The molecule has 0 bridgehead atoms. The summed E-state index contributed by atoms with van der Waals surface area (Å²) in [7, 11) is 3.49. The SMILES string of the molecule is COCC(C)NC(=O)CNCc1ccnn1C. The number of amides is 1. The van der Waals surface area contributed by atoms with Crippen molar-refractivity contribution >= 4 is 5.91 Å². The molecule has 6 nitrogen and oxygen atoms in total. The third-order valence-electron chi connectivity index (χ3n) is 2.34. The van der Waals surface area contributed by atoms with E-state index in [0.717, 1.165) is 5.69 Å².